The van der Waals surface area contributed by atoms with Gasteiger partial charge in [-0.15, -0.1) is 0 Å². The zero-order chi connectivity index (χ0) is 12.7. The maximum absolute atomic E-state index is 11.8. The number of carbonyl (C=O) groups is 1. The number of aliphatic hydroxyl groups is 1. The summed E-state index contributed by atoms with van der Waals surface area (Å²) in [7, 11) is 1.56. The minimum Gasteiger partial charge on any atom is -0.497 e. The molecule has 0 heterocycles. The second kappa shape index (κ2) is 7.29. The summed E-state index contributed by atoms with van der Waals surface area (Å²) in [6.07, 6.45) is 1.46. The first-order valence-electron chi connectivity index (χ1n) is 5.41. The van der Waals surface area contributed by atoms with E-state index in [0.717, 1.165) is 10.9 Å². The maximum atomic E-state index is 11.8. The molecule has 0 fully saturated rings. The zero-order valence-corrected chi connectivity index (χ0v) is 11.3. The van der Waals surface area contributed by atoms with E-state index in [1.807, 2.05) is 0 Å². The predicted molar refractivity (Wildman–Crippen MR) is 69.3 cm³/mol. The van der Waals surface area contributed by atoms with Crippen LogP contribution in [0.5, 0.6) is 5.75 Å². The van der Waals surface area contributed by atoms with Crippen LogP contribution in [0.15, 0.2) is 22.7 Å². The molecular weight excluding hydrogens is 286 g/mol. The van der Waals surface area contributed by atoms with Gasteiger partial charge in [-0.25, -0.2) is 0 Å². The van der Waals surface area contributed by atoms with Crippen molar-refractivity contribution in [3.05, 3.63) is 28.2 Å². The van der Waals surface area contributed by atoms with E-state index in [9.17, 15) is 4.79 Å². The first kappa shape index (κ1) is 14.0. The number of hydrogen-bond acceptors (Lipinski definition) is 3. The Balaban J connectivity index is 2.61. The van der Waals surface area contributed by atoms with E-state index in [-0.39, 0.29) is 12.5 Å². The molecule has 1 aromatic carbocycles. The van der Waals surface area contributed by atoms with Crippen LogP contribution in [-0.2, 0) is 0 Å². The van der Waals surface area contributed by atoms with Gasteiger partial charge in [0, 0.05) is 17.6 Å². The minimum atomic E-state index is -0.145. The van der Waals surface area contributed by atoms with E-state index >= 15 is 0 Å². The molecule has 4 nitrogen and oxygen atoms in total. The molecule has 94 valence electrons. The molecule has 0 spiro atoms. The van der Waals surface area contributed by atoms with E-state index in [1.165, 1.54) is 0 Å². The van der Waals surface area contributed by atoms with Crippen molar-refractivity contribution >= 4 is 21.8 Å². The summed E-state index contributed by atoms with van der Waals surface area (Å²) in [5.74, 6) is 0.502. The molecule has 2 N–H and O–H groups in total. The van der Waals surface area contributed by atoms with Gasteiger partial charge in [0.05, 0.1) is 12.7 Å². The Bertz CT molecular complexity index is 382. The van der Waals surface area contributed by atoms with Crippen molar-refractivity contribution in [1.82, 2.24) is 5.32 Å². The van der Waals surface area contributed by atoms with Crippen molar-refractivity contribution in [3.63, 3.8) is 0 Å². The lowest BCUT2D eigenvalue weighted by atomic mass is 10.2. The number of carbonyl (C=O) groups excluding carboxylic acids is 1. The van der Waals surface area contributed by atoms with Crippen LogP contribution in [0.25, 0.3) is 0 Å². The van der Waals surface area contributed by atoms with Crippen LogP contribution in [0.4, 0.5) is 0 Å². The Kier molecular flexibility index (Phi) is 6.00. The number of nitrogens with one attached hydrogen (secondary N) is 1. The molecular formula is C12H16BrNO3. The summed E-state index contributed by atoms with van der Waals surface area (Å²) in [6.45, 7) is 0.710. The van der Waals surface area contributed by atoms with Crippen molar-refractivity contribution in [2.75, 3.05) is 20.3 Å². The number of ether oxygens (including phenoxy) is 1. The van der Waals surface area contributed by atoms with Crippen molar-refractivity contribution in [1.29, 1.82) is 0 Å². The molecule has 0 unspecified atom stereocenters. The number of benzene rings is 1. The molecule has 1 aromatic rings. The summed E-state index contributed by atoms with van der Waals surface area (Å²) < 4.78 is 5.80. The Morgan fingerprint density at radius 2 is 2.24 bits per heavy atom. The monoisotopic (exact) mass is 301 g/mol. The second-order valence-corrected chi connectivity index (χ2v) is 4.39. The Morgan fingerprint density at radius 1 is 1.47 bits per heavy atom. The summed E-state index contributed by atoms with van der Waals surface area (Å²) in [5, 5.41) is 11.4. The van der Waals surface area contributed by atoms with Crippen molar-refractivity contribution < 1.29 is 14.6 Å². The largest absolute Gasteiger partial charge is 0.497 e. The second-order valence-electron chi connectivity index (χ2n) is 3.53. The molecule has 0 aromatic heterocycles. The van der Waals surface area contributed by atoms with E-state index in [0.29, 0.717) is 24.3 Å². The fraction of sp³-hybridized carbons (Fsp3) is 0.417. The van der Waals surface area contributed by atoms with Crippen molar-refractivity contribution in [2.24, 2.45) is 0 Å². The number of hydrogen-bond donors (Lipinski definition) is 2. The number of aliphatic hydroxyl groups excluding tert-OH is 1. The summed E-state index contributed by atoms with van der Waals surface area (Å²) in [6, 6.07) is 5.25. The first-order valence-corrected chi connectivity index (χ1v) is 6.21. The quantitative estimate of drug-likeness (QED) is 0.790. The number of methoxy groups -OCH3 is 1. The third-order valence-electron chi connectivity index (χ3n) is 2.29. The highest BCUT2D eigenvalue weighted by atomic mass is 79.9. The van der Waals surface area contributed by atoms with Gasteiger partial charge in [0.25, 0.3) is 5.91 Å². The van der Waals surface area contributed by atoms with Gasteiger partial charge in [0.2, 0.25) is 0 Å². The topological polar surface area (TPSA) is 58.6 Å². The molecule has 0 atom stereocenters. The molecule has 0 radical (unpaired) electrons. The van der Waals surface area contributed by atoms with Gasteiger partial charge < -0.3 is 15.2 Å². The van der Waals surface area contributed by atoms with Gasteiger partial charge in [0.1, 0.15) is 5.75 Å². The Labute approximate surface area is 109 Å². The third kappa shape index (κ3) is 4.36. The average molecular weight is 302 g/mol. The summed E-state index contributed by atoms with van der Waals surface area (Å²) in [5.41, 5.74) is 0.549. The minimum absolute atomic E-state index is 0.145. The number of unbranched alkanes of at least 4 members (excludes halogenated alkanes) is 1. The van der Waals surface area contributed by atoms with Crippen LogP contribution in [0.3, 0.4) is 0 Å². The highest BCUT2D eigenvalue weighted by Gasteiger charge is 2.10. The lowest BCUT2D eigenvalue weighted by Gasteiger charge is -2.08. The van der Waals surface area contributed by atoms with Crippen LogP contribution < -0.4 is 10.1 Å². The van der Waals surface area contributed by atoms with E-state index < -0.39 is 0 Å². The fourth-order valence-corrected chi connectivity index (χ4v) is 1.77. The Hall–Kier alpha value is -1.07. The molecule has 0 bridgehead atoms. The van der Waals surface area contributed by atoms with Gasteiger partial charge in [-0.2, -0.15) is 0 Å². The molecule has 17 heavy (non-hydrogen) atoms. The van der Waals surface area contributed by atoms with Crippen LogP contribution in [0.1, 0.15) is 23.2 Å². The van der Waals surface area contributed by atoms with Gasteiger partial charge in [-0.1, -0.05) is 0 Å². The van der Waals surface area contributed by atoms with Gasteiger partial charge in [0.15, 0.2) is 0 Å². The normalized spacial score (nSPS) is 10.1. The maximum Gasteiger partial charge on any atom is 0.252 e. The smallest absolute Gasteiger partial charge is 0.252 e. The van der Waals surface area contributed by atoms with Crippen LogP contribution in [0.2, 0.25) is 0 Å². The number of amides is 1. The summed E-state index contributed by atoms with van der Waals surface area (Å²) >= 11 is 3.33. The number of halogens is 1. The van der Waals surface area contributed by atoms with Crippen LogP contribution >= 0.6 is 15.9 Å². The SMILES string of the molecule is COc1ccc(Br)c(C(=O)NCCCCO)c1. The van der Waals surface area contributed by atoms with Crippen LogP contribution in [-0.4, -0.2) is 31.3 Å². The molecule has 0 aliphatic carbocycles. The fourth-order valence-electron chi connectivity index (χ4n) is 1.34. The molecule has 1 amide bonds. The van der Waals surface area contributed by atoms with Crippen LogP contribution in [0, 0.1) is 0 Å². The van der Waals surface area contributed by atoms with E-state index in [4.69, 9.17) is 9.84 Å². The summed E-state index contributed by atoms with van der Waals surface area (Å²) in [4.78, 5) is 11.8. The molecule has 5 heteroatoms. The molecule has 0 aliphatic heterocycles. The highest BCUT2D eigenvalue weighted by molar-refractivity contribution is 9.10. The Morgan fingerprint density at radius 3 is 2.88 bits per heavy atom. The van der Waals surface area contributed by atoms with E-state index in [2.05, 4.69) is 21.2 Å². The van der Waals surface area contributed by atoms with Gasteiger partial charge in [-0.3, -0.25) is 4.79 Å². The van der Waals surface area contributed by atoms with Gasteiger partial charge >= 0.3 is 0 Å². The lowest BCUT2D eigenvalue weighted by Crippen LogP contribution is -2.25. The van der Waals surface area contributed by atoms with Crippen molar-refractivity contribution in [3.8, 4) is 5.75 Å². The zero-order valence-electron chi connectivity index (χ0n) is 9.70. The van der Waals surface area contributed by atoms with Gasteiger partial charge in [-0.05, 0) is 47.0 Å². The van der Waals surface area contributed by atoms with E-state index in [1.54, 1.807) is 25.3 Å². The standard InChI is InChI=1S/C12H16BrNO3/c1-17-9-4-5-11(13)10(8-9)12(16)14-6-2-3-7-15/h4-5,8,15H,2-3,6-7H2,1H3,(H,14,16). The molecule has 0 saturated carbocycles. The molecule has 0 aliphatic rings. The first-order chi connectivity index (χ1) is 8.19. The third-order valence-corrected chi connectivity index (χ3v) is 2.98. The molecule has 1 rings (SSSR count). The molecule has 0 saturated heterocycles. The number of rotatable bonds is 6. The highest BCUT2D eigenvalue weighted by Crippen LogP contribution is 2.22. The lowest BCUT2D eigenvalue weighted by molar-refractivity contribution is 0.0951. The predicted octanol–water partition coefficient (Wildman–Crippen LogP) is 1.96. The van der Waals surface area contributed by atoms with Crippen molar-refractivity contribution in [2.45, 2.75) is 12.8 Å². The average Bonchev–Trinajstić information content (AvgIpc) is 2.35.